The molecule has 0 atom stereocenters. The molecule has 1 fully saturated rings. The van der Waals surface area contributed by atoms with Gasteiger partial charge >= 0.3 is 6.03 Å². The number of hydrogen-bond acceptors (Lipinski definition) is 5. The van der Waals surface area contributed by atoms with E-state index >= 15 is 0 Å². The van der Waals surface area contributed by atoms with E-state index < -0.39 is 17.8 Å². The highest BCUT2D eigenvalue weighted by molar-refractivity contribution is 9.10. The molecular weight excluding hydrogens is 392 g/mol. The van der Waals surface area contributed by atoms with E-state index in [0.717, 1.165) is 4.90 Å². The van der Waals surface area contributed by atoms with Crippen molar-refractivity contribution < 1.29 is 23.5 Å². The summed E-state index contributed by atoms with van der Waals surface area (Å²) in [5.41, 5.74) is 0.474. The molecule has 0 radical (unpaired) electrons. The Morgan fingerprint density at radius 2 is 2.08 bits per heavy atom. The van der Waals surface area contributed by atoms with Gasteiger partial charge < -0.3 is 9.15 Å². The van der Waals surface area contributed by atoms with E-state index in [-0.39, 0.29) is 12.1 Å². The number of barbiturate groups is 1. The van der Waals surface area contributed by atoms with Crippen molar-refractivity contribution in [3.63, 3.8) is 0 Å². The van der Waals surface area contributed by atoms with Gasteiger partial charge in [-0.25, -0.2) is 4.79 Å². The van der Waals surface area contributed by atoms with Crippen molar-refractivity contribution in [1.82, 2.24) is 10.2 Å². The standard InChI is InChI=1S/C17H13BrN2O5/c1-24-14-5-4-10(8-13(14)18)7-12-15(21)19-17(23)20(16(12)22)9-11-3-2-6-25-11/h2-8H,9H2,1H3,(H,19,21,23)/b12-7+. The maximum atomic E-state index is 12.6. The number of urea groups is 1. The second-order valence-corrected chi connectivity index (χ2v) is 6.04. The maximum Gasteiger partial charge on any atom is 0.331 e. The Morgan fingerprint density at radius 1 is 1.28 bits per heavy atom. The van der Waals surface area contributed by atoms with Crippen LogP contribution in [0.3, 0.4) is 0 Å². The molecule has 2 aromatic rings. The van der Waals surface area contributed by atoms with Crippen molar-refractivity contribution in [2.75, 3.05) is 7.11 Å². The predicted octanol–water partition coefficient (Wildman–Crippen LogP) is 2.71. The maximum absolute atomic E-state index is 12.6. The average molecular weight is 405 g/mol. The first-order chi connectivity index (χ1) is 12.0. The molecule has 3 rings (SSSR count). The molecular formula is C17H13BrN2O5. The summed E-state index contributed by atoms with van der Waals surface area (Å²) in [6.07, 6.45) is 2.86. The largest absolute Gasteiger partial charge is 0.496 e. The van der Waals surface area contributed by atoms with Crippen LogP contribution in [0.4, 0.5) is 4.79 Å². The third-order valence-electron chi connectivity index (χ3n) is 3.57. The summed E-state index contributed by atoms with van der Waals surface area (Å²) in [5, 5.41) is 2.16. The highest BCUT2D eigenvalue weighted by Gasteiger charge is 2.36. The number of ether oxygens (including phenoxy) is 1. The fraction of sp³-hybridized carbons (Fsp3) is 0.118. The van der Waals surface area contributed by atoms with Crippen LogP contribution >= 0.6 is 15.9 Å². The summed E-state index contributed by atoms with van der Waals surface area (Å²) in [4.78, 5) is 37.5. The summed E-state index contributed by atoms with van der Waals surface area (Å²) in [5.74, 6) is -0.365. The van der Waals surface area contributed by atoms with Gasteiger partial charge in [-0.2, -0.15) is 0 Å². The molecule has 1 saturated heterocycles. The number of hydrogen-bond donors (Lipinski definition) is 1. The van der Waals surface area contributed by atoms with Gasteiger partial charge in [0.1, 0.15) is 17.1 Å². The number of benzene rings is 1. The third-order valence-corrected chi connectivity index (χ3v) is 4.19. The van der Waals surface area contributed by atoms with Gasteiger partial charge in [0.25, 0.3) is 11.8 Å². The Balaban J connectivity index is 1.91. The molecule has 128 valence electrons. The number of carbonyl (C=O) groups is 3. The minimum atomic E-state index is -0.778. The van der Waals surface area contributed by atoms with Crippen LogP contribution in [-0.4, -0.2) is 29.9 Å². The van der Waals surface area contributed by atoms with Gasteiger partial charge in [-0.1, -0.05) is 6.07 Å². The van der Waals surface area contributed by atoms with E-state index in [1.54, 1.807) is 30.3 Å². The molecule has 2 heterocycles. The van der Waals surface area contributed by atoms with Gasteiger partial charge in [0, 0.05) is 0 Å². The molecule has 1 aliphatic heterocycles. The van der Waals surface area contributed by atoms with Gasteiger partial charge in [-0.05, 0) is 51.8 Å². The fourth-order valence-corrected chi connectivity index (χ4v) is 2.89. The van der Waals surface area contributed by atoms with Gasteiger partial charge in [0.15, 0.2) is 0 Å². The number of furan rings is 1. The zero-order valence-electron chi connectivity index (χ0n) is 13.1. The lowest BCUT2D eigenvalue weighted by Crippen LogP contribution is -2.53. The quantitative estimate of drug-likeness (QED) is 0.624. The second kappa shape index (κ2) is 6.94. The van der Waals surface area contributed by atoms with Gasteiger partial charge in [-0.3, -0.25) is 19.8 Å². The van der Waals surface area contributed by atoms with Gasteiger partial charge in [-0.15, -0.1) is 0 Å². The predicted molar refractivity (Wildman–Crippen MR) is 91.5 cm³/mol. The zero-order chi connectivity index (χ0) is 18.0. The minimum Gasteiger partial charge on any atom is -0.496 e. The summed E-state index contributed by atoms with van der Waals surface area (Å²) < 4.78 is 11.0. The number of nitrogens with zero attached hydrogens (tertiary/aromatic N) is 1. The van der Waals surface area contributed by atoms with Crippen LogP contribution in [0.25, 0.3) is 6.08 Å². The first-order valence-electron chi connectivity index (χ1n) is 7.24. The Labute approximate surface area is 151 Å². The number of carbonyl (C=O) groups excluding carboxylic acids is 3. The summed E-state index contributed by atoms with van der Waals surface area (Å²) >= 11 is 3.35. The Kier molecular flexibility index (Phi) is 4.71. The van der Waals surface area contributed by atoms with E-state index in [1.807, 2.05) is 0 Å². The molecule has 4 amide bonds. The Hall–Kier alpha value is -2.87. The molecule has 1 N–H and O–H groups in total. The summed E-state index contributed by atoms with van der Waals surface area (Å²) in [7, 11) is 1.54. The van der Waals surface area contributed by atoms with E-state index in [4.69, 9.17) is 9.15 Å². The molecule has 1 aliphatic rings. The van der Waals surface area contributed by atoms with Crippen LogP contribution in [0.5, 0.6) is 5.75 Å². The third kappa shape index (κ3) is 3.48. The van der Waals surface area contributed by atoms with Crippen molar-refractivity contribution in [2.24, 2.45) is 0 Å². The van der Waals surface area contributed by atoms with Crippen molar-refractivity contribution in [3.8, 4) is 5.75 Å². The zero-order valence-corrected chi connectivity index (χ0v) is 14.7. The number of rotatable bonds is 4. The summed E-state index contributed by atoms with van der Waals surface area (Å²) in [6, 6.07) is 7.62. The molecule has 8 heteroatoms. The SMILES string of the molecule is COc1ccc(/C=C2\C(=O)NC(=O)N(Cc3ccco3)C2=O)cc1Br. The molecule has 0 bridgehead atoms. The number of amides is 4. The number of halogens is 1. The molecule has 0 saturated carbocycles. The van der Waals surface area contributed by atoms with Crippen molar-refractivity contribution in [3.05, 3.63) is 58.0 Å². The first-order valence-corrected chi connectivity index (χ1v) is 8.03. The van der Waals surface area contributed by atoms with Gasteiger partial charge in [0.2, 0.25) is 0 Å². The van der Waals surface area contributed by atoms with E-state index in [1.165, 1.54) is 19.4 Å². The Bertz CT molecular complexity index is 873. The van der Waals surface area contributed by atoms with Crippen LogP contribution in [-0.2, 0) is 16.1 Å². The molecule has 0 spiro atoms. The smallest absolute Gasteiger partial charge is 0.331 e. The van der Waals surface area contributed by atoms with E-state index in [0.29, 0.717) is 21.5 Å². The number of nitrogens with one attached hydrogen (secondary N) is 1. The van der Waals surface area contributed by atoms with Crippen LogP contribution in [0.1, 0.15) is 11.3 Å². The van der Waals surface area contributed by atoms with Crippen LogP contribution in [0.2, 0.25) is 0 Å². The normalized spacial score (nSPS) is 16.3. The number of imide groups is 2. The Morgan fingerprint density at radius 3 is 2.72 bits per heavy atom. The summed E-state index contributed by atoms with van der Waals surface area (Å²) in [6.45, 7) is -0.0609. The van der Waals surface area contributed by atoms with Crippen LogP contribution in [0, 0.1) is 0 Å². The molecule has 25 heavy (non-hydrogen) atoms. The van der Waals surface area contributed by atoms with Crippen molar-refractivity contribution in [1.29, 1.82) is 0 Å². The van der Waals surface area contributed by atoms with Crippen LogP contribution in [0.15, 0.2) is 51.1 Å². The fourth-order valence-electron chi connectivity index (χ4n) is 2.34. The highest BCUT2D eigenvalue weighted by Crippen LogP contribution is 2.27. The lowest BCUT2D eigenvalue weighted by molar-refractivity contribution is -0.130. The molecule has 0 unspecified atom stereocenters. The molecule has 0 aliphatic carbocycles. The molecule has 1 aromatic carbocycles. The van der Waals surface area contributed by atoms with Crippen LogP contribution < -0.4 is 10.1 Å². The molecule has 7 nitrogen and oxygen atoms in total. The van der Waals surface area contributed by atoms with E-state index in [2.05, 4.69) is 21.2 Å². The number of methoxy groups -OCH3 is 1. The second-order valence-electron chi connectivity index (χ2n) is 5.18. The van der Waals surface area contributed by atoms with Crippen molar-refractivity contribution >= 4 is 39.9 Å². The minimum absolute atomic E-state index is 0.0609. The lowest BCUT2D eigenvalue weighted by Gasteiger charge is -2.25. The monoisotopic (exact) mass is 404 g/mol. The van der Waals surface area contributed by atoms with E-state index in [9.17, 15) is 14.4 Å². The van der Waals surface area contributed by atoms with Crippen molar-refractivity contribution in [2.45, 2.75) is 6.54 Å². The molecule has 1 aromatic heterocycles. The average Bonchev–Trinajstić information content (AvgIpc) is 3.09. The first kappa shape index (κ1) is 17.0. The van der Waals surface area contributed by atoms with Gasteiger partial charge in [0.05, 0.1) is 24.4 Å². The highest BCUT2D eigenvalue weighted by atomic mass is 79.9. The lowest BCUT2D eigenvalue weighted by atomic mass is 10.1. The topological polar surface area (TPSA) is 88.8 Å².